The Labute approximate surface area is 141 Å². The predicted octanol–water partition coefficient (Wildman–Crippen LogP) is -1.36. The first-order chi connectivity index (χ1) is 12.1. The largest absolute Gasteiger partial charge is 0.489 e. The molecule has 25 heavy (non-hydrogen) atoms. The monoisotopic (exact) mass is 347 g/mol. The molecule has 2 aliphatic rings. The molecule has 0 radical (unpaired) electrons. The summed E-state index contributed by atoms with van der Waals surface area (Å²) in [5.74, 6) is 0.172. The lowest BCUT2D eigenvalue weighted by Crippen LogP contribution is -2.54. The molecule has 2 aromatic heterocycles. The second-order valence-electron chi connectivity index (χ2n) is 5.84. The van der Waals surface area contributed by atoms with Crippen molar-refractivity contribution in [3.05, 3.63) is 37.1 Å². The molecule has 2 aromatic rings. The highest BCUT2D eigenvalue weighted by molar-refractivity contribution is 5.81. The van der Waals surface area contributed by atoms with Gasteiger partial charge in [0.2, 0.25) is 5.72 Å². The van der Waals surface area contributed by atoms with Gasteiger partial charge in [-0.1, -0.05) is 6.08 Å². The van der Waals surface area contributed by atoms with E-state index >= 15 is 0 Å². The van der Waals surface area contributed by atoms with Crippen LogP contribution < -0.4 is 5.73 Å². The number of aliphatic hydroxyl groups is 3. The molecule has 4 heterocycles. The second-order valence-corrected chi connectivity index (χ2v) is 5.84. The van der Waals surface area contributed by atoms with Crippen LogP contribution in [0.15, 0.2) is 37.1 Å². The molecule has 10 heteroatoms. The number of aromatic nitrogens is 4. The van der Waals surface area contributed by atoms with E-state index in [1.807, 2.05) is 0 Å². The number of hydrogen-bond donors (Lipinski definition) is 4. The Balaban J connectivity index is 1.93. The van der Waals surface area contributed by atoms with E-state index in [2.05, 4.69) is 15.0 Å². The van der Waals surface area contributed by atoms with Crippen molar-refractivity contribution in [1.29, 1.82) is 0 Å². The van der Waals surface area contributed by atoms with Gasteiger partial charge in [-0.05, 0) is 12.2 Å². The molecule has 1 fully saturated rings. The van der Waals surface area contributed by atoms with Gasteiger partial charge in [0.25, 0.3) is 0 Å². The molecule has 0 saturated carbocycles. The maximum absolute atomic E-state index is 10.8. The SMILES string of the molecule is Nc1ncnc2c1ncn2[C@]1(C2C=CC=CO2)O[C@H](CO)[C@@H](O)[C@H]1O. The van der Waals surface area contributed by atoms with Gasteiger partial charge in [-0.2, -0.15) is 0 Å². The normalized spacial score (nSPS) is 34.5. The standard InChI is InChI=1S/C15H17N5O5/c16-13-10-14(18-6-17-13)20(7-19-10)15(9-3-1-2-4-24-9)12(23)11(22)8(5-21)25-15/h1-4,6-9,11-12,21-23H,5H2,(H2,16,17,18)/t8-,9?,11-,12-,15-/m1/s1. The van der Waals surface area contributed by atoms with Crippen molar-refractivity contribution < 1.29 is 24.8 Å². The maximum Gasteiger partial charge on any atom is 0.217 e. The molecule has 0 amide bonds. The van der Waals surface area contributed by atoms with Gasteiger partial charge in [0.05, 0.1) is 19.2 Å². The van der Waals surface area contributed by atoms with Crippen LogP contribution in [0.25, 0.3) is 11.2 Å². The Morgan fingerprint density at radius 3 is 2.76 bits per heavy atom. The van der Waals surface area contributed by atoms with Crippen LogP contribution in [0.1, 0.15) is 0 Å². The average molecular weight is 347 g/mol. The highest BCUT2D eigenvalue weighted by Gasteiger charge is 2.60. The third-order valence-electron chi connectivity index (χ3n) is 4.49. The summed E-state index contributed by atoms with van der Waals surface area (Å²) in [6.45, 7) is -0.476. The molecule has 0 bridgehead atoms. The quantitative estimate of drug-likeness (QED) is 0.528. The Kier molecular flexibility index (Phi) is 3.69. The lowest BCUT2D eigenvalue weighted by molar-refractivity contribution is -0.194. The number of ether oxygens (including phenoxy) is 2. The van der Waals surface area contributed by atoms with Gasteiger partial charge in [0.15, 0.2) is 17.6 Å². The molecule has 1 saturated heterocycles. The summed E-state index contributed by atoms with van der Waals surface area (Å²) in [5, 5.41) is 30.6. The summed E-state index contributed by atoms with van der Waals surface area (Å²) < 4.78 is 13.0. The van der Waals surface area contributed by atoms with Crippen molar-refractivity contribution in [3.8, 4) is 0 Å². The van der Waals surface area contributed by atoms with E-state index in [0.29, 0.717) is 11.2 Å². The van der Waals surface area contributed by atoms with Crippen molar-refractivity contribution in [3.63, 3.8) is 0 Å². The molecule has 0 aromatic carbocycles. The molecular weight excluding hydrogens is 330 g/mol. The molecule has 0 aliphatic carbocycles. The minimum Gasteiger partial charge on any atom is -0.489 e. The number of aliphatic hydroxyl groups excluding tert-OH is 3. The van der Waals surface area contributed by atoms with Crippen molar-refractivity contribution in [1.82, 2.24) is 19.5 Å². The summed E-state index contributed by atoms with van der Waals surface area (Å²) >= 11 is 0. The van der Waals surface area contributed by atoms with Gasteiger partial charge in [0, 0.05) is 0 Å². The summed E-state index contributed by atoms with van der Waals surface area (Å²) in [4.78, 5) is 12.3. The summed E-state index contributed by atoms with van der Waals surface area (Å²) in [6, 6.07) is 0. The zero-order valence-corrected chi connectivity index (χ0v) is 13.0. The van der Waals surface area contributed by atoms with E-state index in [1.54, 1.807) is 18.2 Å². The van der Waals surface area contributed by atoms with E-state index in [9.17, 15) is 15.3 Å². The number of fused-ring (bicyclic) bond motifs is 1. The van der Waals surface area contributed by atoms with E-state index in [-0.39, 0.29) is 5.82 Å². The smallest absolute Gasteiger partial charge is 0.217 e. The number of allylic oxidation sites excluding steroid dienone is 2. The topological polar surface area (TPSA) is 149 Å². The van der Waals surface area contributed by atoms with Gasteiger partial charge in [0.1, 0.15) is 30.2 Å². The van der Waals surface area contributed by atoms with Crippen LogP contribution in [0, 0.1) is 0 Å². The van der Waals surface area contributed by atoms with E-state index in [1.165, 1.54) is 23.5 Å². The molecular formula is C15H17N5O5. The molecule has 132 valence electrons. The Morgan fingerprint density at radius 1 is 1.24 bits per heavy atom. The van der Waals surface area contributed by atoms with Crippen molar-refractivity contribution in [2.75, 3.05) is 12.3 Å². The summed E-state index contributed by atoms with van der Waals surface area (Å²) in [7, 11) is 0. The average Bonchev–Trinajstić information content (AvgIpc) is 3.18. The van der Waals surface area contributed by atoms with E-state index < -0.39 is 36.7 Å². The van der Waals surface area contributed by atoms with Crippen LogP contribution in [0.2, 0.25) is 0 Å². The highest BCUT2D eigenvalue weighted by Crippen LogP contribution is 2.42. The first-order valence-electron chi connectivity index (χ1n) is 7.67. The van der Waals surface area contributed by atoms with E-state index in [4.69, 9.17) is 15.2 Å². The predicted molar refractivity (Wildman–Crippen MR) is 84.8 cm³/mol. The minimum absolute atomic E-state index is 0.172. The minimum atomic E-state index is -1.59. The van der Waals surface area contributed by atoms with Crippen molar-refractivity contribution in [2.24, 2.45) is 0 Å². The van der Waals surface area contributed by atoms with E-state index in [0.717, 1.165) is 0 Å². The summed E-state index contributed by atoms with van der Waals surface area (Å²) in [6.07, 6.45) is 4.63. The van der Waals surface area contributed by atoms with Crippen LogP contribution in [0.3, 0.4) is 0 Å². The molecule has 4 rings (SSSR count). The third-order valence-corrected chi connectivity index (χ3v) is 4.49. The number of nitrogens with zero attached hydrogens (tertiary/aromatic N) is 4. The maximum atomic E-state index is 10.8. The molecule has 2 aliphatic heterocycles. The lowest BCUT2D eigenvalue weighted by Gasteiger charge is -2.38. The first kappa shape index (κ1) is 16.0. The first-order valence-corrected chi connectivity index (χ1v) is 7.67. The number of hydrogen-bond acceptors (Lipinski definition) is 9. The molecule has 1 unspecified atom stereocenters. The van der Waals surface area contributed by atoms with Crippen LogP contribution >= 0.6 is 0 Å². The van der Waals surface area contributed by atoms with Crippen LogP contribution in [-0.2, 0) is 15.2 Å². The summed E-state index contributed by atoms with van der Waals surface area (Å²) in [5.41, 5.74) is 4.87. The number of imidazole rings is 1. The van der Waals surface area contributed by atoms with Crippen molar-refractivity contribution >= 4 is 17.0 Å². The zero-order chi connectivity index (χ0) is 17.6. The fraction of sp³-hybridized carbons (Fsp3) is 0.400. The lowest BCUT2D eigenvalue weighted by atomic mass is 9.95. The van der Waals surface area contributed by atoms with Crippen molar-refractivity contribution in [2.45, 2.75) is 30.1 Å². The Hall–Kier alpha value is -2.53. The van der Waals surface area contributed by atoms with Crippen LogP contribution in [-0.4, -0.2) is 65.9 Å². The van der Waals surface area contributed by atoms with Gasteiger partial charge >= 0.3 is 0 Å². The van der Waals surface area contributed by atoms with Crippen LogP contribution in [0.4, 0.5) is 5.82 Å². The van der Waals surface area contributed by atoms with Gasteiger partial charge in [-0.25, -0.2) is 15.0 Å². The van der Waals surface area contributed by atoms with Gasteiger partial charge < -0.3 is 30.5 Å². The Morgan fingerprint density at radius 2 is 2.08 bits per heavy atom. The highest BCUT2D eigenvalue weighted by atomic mass is 16.6. The van der Waals surface area contributed by atoms with Crippen LogP contribution in [0.5, 0.6) is 0 Å². The number of nitrogen functional groups attached to an aromatic ring is 1. The third kappa shape index (κ3) is 2.15. The zero-order valence-electron chi connectivity index (χ0n) is 13.0. The molecule has 10 nitrogen and oxygen atoms in total. The van der Waals surface area contributed by atoms with Gasteiger partial charge in [-0.15, -0.1) is 0 Å². The fourth-order valence-corrected chi connectivity index (χ4v) is 3.28. The molecule has 5 atom stereocenters. The Bertz CT molecular complexity index is 852. The molecule has 5 N–H and O–H groups in total. The van der Waals surface area contributed by atoms with Gasteiger partial charge in [-0.3, -0.25) is 4.57 Å². The fourth-order valence-electron chi connectivity index (χ4n) is 3.28. The number of anilines is 1. The second kappa shape index (κ2) is 5.77. The number of rotatable bonds is 3. The molecule has 0 spiro atoms. The number of nitrogens with two attached hydrogens (primary N) is 1.